The van der Waals surface area contributed by atoms with Crippen LogP contribution in [0.4, 0.5) is 0 Å². The summed E-state index contributed by atoms with van der Waals surface area (Å²) in [5.41, 5.74) is 3.69. The van der Waals surface area contributed by atoms with E-state index >= 15 is 0 Å². The summed E-state index contributed by atoms with van der Waals surface area (Å²) >= 11 is 0. The summed E-state index contributed by atoms with van der Waals surface area (Å²) in [5, 5.41) is 3.26. The maximum atomic E-state index is 4.56. The zero-order valence-corrected chi connectivity index (χ0v) is 11.5. The molecule has 0 aromatic heterocycles. The molecule has 0 radical (unpaired) electrons. The molecule has 21 heavy (non-hydrogen) atoms. The highest BCUT2D eigenvalue weighted by Gasteiger charge is 2.14. The lowest BCUT2D eigenvalue weighted by Gasteiger charge is -2.12. The van der Waals surface area contributed by atoms with Crippen LogP contribution in [0.1, 0.15) is 0 Å². The fourth-order valence-electron chi connectivity index (χ4n) is 2.08. The van der Waals surface area contributed by atoms with Crippen LogP contribution in [0.3, 0.4) is 0 Å². The number of nitrogens with one attached hydrogen (secondary N) is 1. The second-order valence-corrected chi connectivity index (χ2v) is 4.47. The summed E-state index contributed by atoms with van der Waals surface area (Å²) < 4.78 is 0. The van der Waals surface area contributed by atoms with E-state index in [1.807, 2.05) is 73.0 Å². The molecule has 0 bridgehead atoms. The van der Waals surface area contributed by atoms with Crippen molar-refractivity contribution in [1.82, 2.24) is 5.32 Å². The summed E-state index contributed by atoms with van der Waals surface area (Å²) in [7, 11) is 0. The second kappa shape index (κ2) is 6.48. The van der Waals surface area contributed by atoms with Gasteiger partial charge in [-0.3, -0.25) is 9.98 Å². The monoisotopic (exact) mass is 273 g/mol. The average Bonchev–Trinajstić information content (AvgIpc) is 3.01. The largest absolute Gasteiger partial charge is 0.360 e. The summed E-state index contributed by atoms with van der Waals surface area (Å²) in [6.07, 6.45) is 27.2. The lowest BCUT2D eigenvalue weighted by molar-refractivity contribution is 1.13. The molecule has 3 heterocycles. The molecule has 102 valence electrons. The Morgan fingerprint density at radius 1 is 0.810 bits per heavy atom. The maximum Gasteiger partial charge on any atom is 0.0958 e. The fraction of sp³-hybridized carbons (Fsp3) is 0. The van der Waals surface area contributed by atoms with Gasteiger partial charge < -0.3 is 5.32 Å². The van der Waals surface area contributed by atoms with Crippen molar-refractivity contribution in [3.05, 3.63) is 96.2 Å². The van der Waals surface area contributed by atoms with Crippen molar-refractivity contribution in [2.75, 3.05) is 0 Å². The molecule has 0 amide bonds. The van der Waals surface area contributed by atoms with Crippen molar-refractivity contribution >= 4 is 11.9 Å². The standard InChI is InChI=1S/C18H15N3/c1-3-10-16(19-12-6-1)15-9-5-8-14-21-18(15)17-11-4-2-7-13-20-17/h1-14,20H. The molecule has 0 aromatic carbocycles. The van der Waals surface area contributed by atoms with Crippen molar-refractivity contribution in [2.45, 2.75) is 0 Å². The molecule has 1 N–H and O–H groups in total. The first-order chi connectivity index (χ1) is 10.4. The number of aliphatic imine (C=N–C) groups is 2. The van der Waals surface area contributed by atoms with Crippen molar-refractivity contribution in [3.63, 3.8) is 0 Å². The first kappa shape index (κ1) is 13.1. The van der Waals surface area contributed by atoms with Crippen molar-refractivity contribution in [1.29, 1.82) is 0 Å². The molecular formula is C18H15N3. The molecule has 3 rings (SSSR count). The second-order valence-electron chi connectivity index (χ2n) is 4.47. The molecule has 3 aliphatic rings. The van der Waals surface area contributed by atoms with Gasteiger partial charge in [-0.05, 0) is 30.4 Å². The van der Waals surface area contributed by atoms with Crippen LogP contribution in [-0.4, -0.2) is 11.9 Å². The van der Waals surface area contributed by atoms with E-state index in [1.54, 1.807) is 12.4 Å². The molecule has 0 aromatic rings. The van der Waals surface area contributed by atoms with Crippen LogP contribution in [0.25, 0.3) is 0 Å². The highest BCUT2D eigenvalue weighted by Crippen LogP contribution is 2.19. The van der Waals surface area contributed by atoms with E-state index in [0.29, 0.717) is 0 Å². The first-order valence-electron chi connectivity index (χ1n) is 6.78. The van der Waals surface area contributed by atoms with E-state index in [1.165, 1.54) is 0 Å². The number of rotatable bonds is 1. The number of allylic oxidation sites excluding steroid dienone is 12. The van der Waals surface area contributed by atoms with E-state index in [0.717, 1.165) is 22.7 Å². The lowest BCUT2D eigenvalue weighted by atomic mass is 10.0. The molecule has 3 heteroatoms. The Bertz CT molecular complexity index is 700. The van der Waals surface area contributed by atoms with E-state index in [9.17, 15) is 0 Å². The topological polar surface area (TPSA) is 36.8 Å². The molecule has 0 unspecified atom stereocenters. The van der Waals surface area contributed by atoms with Gasteiger partial charge >= 0.3 is 0 Å². The minimum Gasteiger partial charge on any atom is -0.360 e. The van der Waals surface area contributed by atoms with Crippen LogP contribution in [0, 0.1) is 0 Å². The highest BCUT2D eigenvalue weighted by atomic mass is 14.9. The van der Waals surface area contributed by atoms with Crippen LogP contribution in [0.2, 0.25) is 0 Å². The molecule has 3 nitrogen and oxygen atoms in total. The third-order valence-electron chi connectivity index (χ3n) is 3.05. The fourth-order valence-corrected chi connectivity index (χ4v) is 2.08. The van der Waals surface area contributed by atoms with Gasteiger partial charge in [0.05, 0.1) is 17.1 Å². The third-order valence-corrected chi connectivity index (χ3v) is 3.05. The summed E-state index contributed by atoms with van der Waals surface area (Å²) in [5.74, 6) is 0. The first-order valence-corrected chi connectivity index (χ1v) is 6.78. The lowest BCUT2D eigenvalue weighted by Crippen LogP contribution is -2.17. The van der Waals surface area contributed by atoms with Crippen molar-refractivity contribution in [3.8, 4) is 0 Å². The average molecular weight is 273 g/mol. The smallest absolute Gasteiger partial charge is 0.0958 e. The summed E-state index contributed by atoms with van der Waals surface area (Å²) in [6, 6.07) is 0. The van der Waals surface area contributed by atoms with Gasteiger partial charge in [0.15, 0.2) is 0 Å². The van der Waals surface area contributed by atoms with Gasteiger partial charge in [0.2, 0.25) is 0 Å². The SMILES string of the molecule is C1=CC=NC(=C2C=CC=CN=C2C2=CC=CC=CN2)C=C1. The van der Waals surface area contributed by atoms with E-state index in [-0.39, 0.29) is 0 Å². The zero-order chi connectivity index (χ0) is 14.3. The Morgan fingerprint density at radius 3 is 2.71 bits per heavy atom. The Morgan fingerprint density at radius 2 is 1.71 bits per heavy atom. The van der Waals surface area contributed by atoms with Crippen LogP contribution in [-0.2, 0) is 0 Å². The van der Waals surface area contributed by atoms with Gasteiger partial charge in [-0.1, -0.05) is 36.5 Å². The Balaban J connectivity index is 2.09. The van der Waals surface area contributed by atoms with Gasteiger partial charge in [-0.2, -0.15) is 0 Å². The molecule has 3 aliphatic heterocycles. The molecule has 0 spiro atoms. The molecule has 0 atom stereocenters. The van der Waals surface area contributed by atoms with Gasteiger partial charge in [-0.15, -0.1) is 0 Å². The van der Waals surface area contributed by atoms with Crippen LogP contribution < -0.4 is 5.32 Å². The number of hydrogen-bond donors (Lipinski definition) is 1. The van der Waals surface area contributed by atoms with Crippen LogP contribution in [0.5, 0.6) is 0 Å². The zero-order valence-electron chi connectivity index (χ0n) is 11.5. The van der Waals surface area contributed by atoms with Gasteiger partial charge in [-0.25, -0.2) is 0 Å². The Hall–Kier alpha value is -2.94. The normalized spacial score (nSPS) is 23.2. The maximum absolute atomic E-state index is 4.56. The minimum atomic E-state index is 0.870. The number of hydrogen-bond acceptors (Lipinski definition) is 3. The predicted molar refractivity (Wildman–Crippen MR) is 89.0 cm³/mol. The van der Waals surface area contributed by atoms with Crippen LogP contribution in [0.15, 0.2) is 106 Å². The predicted octanol–water partition coefficient (Wildman–Crippen LogP) is 3.52. The minimum absolute atomic E-state index is 0.870. The van der Waals surface area contributed by atoms with Crippen molar-refractivity contribution in [2.24, 2.45) is 9.98 Å². The highest BCUT2D eigenvalue weighted by molar-refractivity contribution is 6.15. The van der Waals surface area contributed by atoms with Crippen molar-refractivity contribution < 1.29 is 0 Å². The Kier molecular flexibility index (Phi) is 4.03. The summed E-state index contributed by atoms with van der Waals surface area (Å²) in [4.78, 5) is 9.05. The van der Waals surface area contributed by atoms with Crippen LogP contribution >= 0.6 is 0 Å². The Labute approximate surface area is 124 Å². The molecule has 0 saturated carbocycles. The molecule has 0 saturated heterocycles. The van der Waals surface area contributed by atoms with Gasteiger partial charge in [0, 0.05) is 24.2 Å². The van der Waals surface area contributed by atoms with E-state index in [4.69, 9.17) is 0 Å². The van der Waals surface area contributed by atoms with Gasteiger partial charge in [0.25, 0.3) is 0 Å². The van der Waals surface area contributed by atoms with Gasteiger partial charge in [0.1, 0.15) is 0 Å². The molecular weight excluding hydrogens is 258 g/mol. The number of nitrogens with zero attached hydrogens (tertiary/aromatic N) is 2. The van der Waals surface area contributed by atoms with E-state index < -0.39 is 0 Å². The third kappa shape index (κ3) is 3.15. The molecule has 0 fully saturated rings. The van der Waals surface area contributed by atoms with E-state index in [2.05, 4.69) is 15.3 Å². The molecule has 0 aliphatic carbocycles. The summed E-state index contributed by atoms with van der Waals surface area (Å²) in [6.45, 7) is 0. The quantitative estimate of drug-likeness (QED) is 0.779.